The van der Waals surface area contributed by atoms with Crippen molar-refractivity contribution >= 4 is 17.9 Å². The van der Waals surface area contributed by atoms with E-state index in [4.69, 9.17) is 5.41 Å². The summed E-state index contributed by atoms with van der Waals surface area (Å²) in [6.45, 7) is 0. The van der Waals surface area contributed by atoms with E-state index in [9.17, 15) is 4.79 Å². The van der Waals surface area contributed by atoms with E-state index in [0.29, 0.717) is 5.57 Å². The highest BCUT2D eigenvalue weighted by Crippen LogP contribution is 2.12. The molecule has 0 saturated carbocycles. The van der Waals surface area contributed by atoms with Crippen molar-refractivity contribution < 1.29 is 9.53 Å². The molecule has 0 unspecified atom stereocenters. The summed E-state index contributed by atoms with van der Waals surface area (Å²) in [7, 11) is 0. The number of ether oxygens (including phenoxy) is 1. The van der Waals surface area contributed by atoms with Crippen molar-refractivity contribution in [3.8, 4) is 0 Å². The Kier molecular flexibility index (Phi) is 2.46. The van der Waals surface area contributed by atoms with Crippen LogP contribution < -0.4 is 0 Å². The highest BCUT2D eigenvalue weighted by molar-refractivity contribution is 6.11. The Hall–Kier alpha value is -2.16. The lowest BCUT2D eigenvalue weighted by Gasteiger charge is -1.91. The van der Waals surface area contributed by atoms with E-state index in [1.165, 1.54) is 6.08 Å². The molecule has 74 valence electrons. The number of carbonyl (C=O) groups is 1. The first-order valence-corrected chi connectivity index (χ1v) is 4.51. The monoisotopic (exact) mass is 199 g/mol. The van der Waals surface area contributed by atoms with E-state index in [1.807, 2.05) is 36.4 Å². The van der Waals surface area contributed by atoms with Crippen LogP contribution in [0.4, 0.5) is 0 Å². The zero-order valence-electron chi connectivity index (χ0n) is 7.94. The van der Waals surface area contributed by atoms with Gasteiger partial charge in [0.15, 0.2) is 0 Å². The van der Waals surface area contributed by atoms with Crippen LogP contribution in [-0.4, -0.2) is 11.9 Å². The lowest BCUT2D eigenvalue weighted by atomic mass is 10.1. The average Bonchev–Trinajstić information content (AvgIpc) is 2.56. The van der Waals surface area contributed by atoms with Gasteiger partial charge < -0.3 is 4.74 Å². The normalized spacial score (nSPS) is 15.6. The second-order valence-electron chi connectivity index (χ2n) is 3.10. The summed E-state index contributed by atoms with van der Waals surface area (Å²) in [5.41, 5.74) is 1.41. The largest absolute Gasteiger partial charge is 0.404 e. The Balaban J connectivity index is 2.16. The molecular weight excluding hydrogens is 190 g/mol. The molecule has 2 rings (SSSR count). The van der Waals surface area contributed by atoms with Crippen molar-refractivity contribution in [1.29, 1.82) is 5.41 Å². The summed E-state index contributed by atoms with van der Waals surface area (Å²) in [4.78, 5) is 11.1. The van der Waals surface area contributed by atoms with E-state index in [-0.39, 0.29) is 5.90 Å². The maximum atomic E-state index is 11.1. The number of nitrogens with one attached hydrogen (secondary N) is 1. The predicted molar refractivity (Wildman–Crippen MR) is 57.4 cm³/mol. The molecule has 0 spiro atoms. The van der Waals surface area contributed by atoms with Gasteiger partial charge in [0, 0.05) is 6.08 Å². The van der Waals surface area contributed by atoms with Crippen molar-refractivity contribution in [1.82, 2.24) is 0 Å². The molecule has 1 aromatic carbocycles. The van der Waals surface area contributed by atoms with Crippen molar-refractivity contribution in [2.24, 2.45) is 0 Å². The van der Waals surface area contributed by atoms with E-state index < -0.39 is 5.97 Å². The number of benzene rings is 1. The van der Waals surface area contributed by atoms with Crippen molar-refractivity contribution in [3.63, 3.8) is 0 Å². The lowest BCUT2D eigenvalue weighted by molar-refractivity contribution is -0.130. The van der Waals surface area contributed by atoms with Crippen LogP contribution in [0.5, 0.6) is 0 Å². The molecule has 1 heterocycles. The second-order valence-corrected chi connectivity index (χ2v) is 3.10. The number of hydrogen-bond donors (Lipinski definition) is 1. The summed E-state index contributed by atoms with van der Waals surface area (Å²) in [6.07, 6.45) is 4.87. The second kappa shape index (κ2) is 3.92. The highest BCUT2D eigenvalue weighted by Gasteiger charge is 2.18. The average molecular weight is 199 g/mol. The third-order valence-electron chi connectivity index (χ3n) is 1.98. The topological polar surface area (TPSA) is 50.2 Å². The fourth-order valence-electron chi connectivity index (χ4n) is 1.25. The molecular formula is C12H9NO2. The van der Waals surface area contributed by atoms with Gasteiger partial charge in [-0.2, -0.15) is 0 Å². The molecule has 0 atom stereocenters. The molecule has 0 amide bonds. The molecule has 0 aromatic heterocycles. The van der Waals surface area contributed by atoms with Gasteiger partial charge in [-0.25, -0.2) is 4.79 Å². The molecule has 1 aliphatic rings. The Labute approximate surface area is 87.2 Å². The Morgan fingerprint density at radius 2 is 1.87 bits per heavy atom. The van der Waals surface area contributed by atoms with E-state index in [0.717, 1.165) is 5.56 Å². The Morgan fingerprint density at radius 3 is 2.47 bits per heavy atom. The molecule has 0 radical (unpaired) electrons. The summed E-state index contributed by atoms with van der Waals surface area (Å²) in [5.74, 6) is -0.570. The number of rotatable bonds is 2. The third-order valence-corrected chi connectivity index (χ3v) is 1.98. The molecule has 3 heteroatoms. The maximum absolute atomic E-state index is 11.1. The quantitative estimate of drug-likeness (QED) is 0.742. The molecule has 0 aliphatic carbocycles. The summed E-state index contributed by atoms with van der Waals surface area (Å²) >= 11 is 0. The van der Waals surface area contributed by atoms with Crippen molar-refractivity contribution in [2.45, 2.75) is 0 Å². The summed E-state index contributed by atoms with van der Waals surface area (Å²) in [6, 6.07) is 9.63. The van der Waals surface area contributed by atoms with Gasteiger partial charge in [0.1, 0.15) is 0 Å². The number of cyclic esters (lactones) is 1. The lowest BCUT2D eigenvalue weighted by Crippen LogP contribution is -1.99. The smallest absolute Gasteiger partial charge is 0.345 e. The van der Waals surface area contributed by atoms with Gasteiger partial charge in [-0.1, -0.05) is 36.4 Å². The highest BCUT2D eigenvalue weighted by atomic mass is 16.5. The zero-order chi connectivity index (χ0) is 10.7. The first kappa shape index (κ1) is 9.40. The van der Waals surface area contributed by atoms with Gasteiger partial charge in [0.25, 0.3) is 0 Å². The molecule has 1 aromatic rings. The third kappa shape index (κ3) is 2.20. The zero-order valence-corrected chi connectivity index (χ0v) is 7.94. The van der Waals surface area contributed by atoms with Gasteiger partial charge in [0.05, 0.1) is 5.57 Å². The van der Waals surface area contributed by atoms with Gasteiger partial charge in [0.2, 0.25) is 5.90 Å². The van der Waals surface area contributed by atoms with Crippen molar-refractivity contribution in [2.75, 3.05) is 0 Å². The van der Waals surface area contributed by atoms with Crippen LogP contribution in [0, 0.1) is 5.41 Å². The Morgan fingerprint density at radius 1 is 1.13 bits per heavy atom. The van der Waals surface area contributed by atoms with Gasteiger partial charge >= 0.3 is 5.97 Å². The van der Waals surface area contributed by atoms with Crippen LogP contribution in [-0.2, 0) is 9.53 Å². The maximum Gasteiger partial charge on any atom is 0.345 e. The van der Waals surface area contributed by atoms with Gasteiger partial charge in [-0.05, 0) is 11.6 Å². The number of carbonyl (C=O) groups excluding carboxylic acids is 1. The summed E-state index contributed by atoms with van der Waals surface area (Å²) in [5, 5.41) is 7.14. The number of esters is 1. The summed E-state index contributed by atoms with van der Waals surface area (Å²) < 4.78 is 4.56. The van der Waals surface area contributed by atoms with Crippen LogP contribution in [0.25, 0.3) is 6.08 Å². The van der Waals surface area contributed by atoms with Crippen molar-refractivity contribution in [3.05, 3.63) is 53.6 Å². The minimum Gasteiger partial charge on any atom is -0.404 e. The molecule has 1 N–H and O–H groups in total. The first-order valence-electron chi connectivity index (χ1n) is 4.51. The van der Waals surface area contributed by atoms with Gasteiger partial charge in [-0.3, -0.25) is 5.41 Å². The van der Waals surface area contributed by atoms with Crippen LogP contribution in [0.1, 0.15) is 5.56 Å². The van der Waals surface area contributed by atoms with Crippen LogP contribution in [0.15, 0.2) is 48.1 Å². The molecule has 15 heavy (non-hydrogen) atoms. The van der Waals surface area contributed by atoms with E-state index in [1.54, 1.807) is 6.08 Å². The molecule has 1 aliphatic heterocycles. The number of hydrogen-bond acceptors (Lipinski definition) is 3. The Bertz CT molecular complexity index is 458. The van der Waals surface area contributed by atoms with Crippen LogP contribution >= 0.6 is 0 Å². The first-order chi connectivity index (χ1) is 7.25. The fourth-order valence-corrected chi connectivity index (χ4v) is 1.25. The molecule has 3 nitrogen and oxygen atoms in total. The van der Waals surface area contributed by atoms with Crippen LogP contribution in [0.3, 0.4) is 0 Å². The fraction of sp³-hybridized carbons (Fsp3) is 0. The standard InChI is InChI=1S/C12H9NO2/c13-11-8-10(12(14)15-11)7-6-9-4-2-1-3-5-9/h1-8,13H/b7-6+,13-11?. The molecule has 0 fully saturated rings. The predicted octanol–water partition coefficient (Wildman–Crippen LogP) is 2.16. The minimum absolute atomic E-state index is 0.104. The molecule has 0 bridgehead atoms. The van der Waals surface area contributed by atoms with Gasteiger partial charge in [-0.15, -0.1) is 0 Å². The van der Waals surface area contributed by atoms with E-state index >= 15 is 0 Å². The van der Waals surface area contributed by atoms with Crippen LogP contribution in [0.2, 0.25) is 0 Å². The molecule has 0 saturated heterocycles. The minimum atomic E-state index is -0.466. The SMILES string of the molecule is N=C1C=C(/C=C/c2ccccc2)C(=O)O1. The van der Waals surface area contributed by atoms with E-state index in [2.05, 4.69) is 4.74 Å².